The third-order valence-corrected chi connectivity index (χ3v) is 2.65. The average Bonchev–Trinajstić information content (AvgIpc) is 2.73. The summed E-state index contributed by atoms with van der Waals surface area (Å²) in [4.78, 5) is 3.89. The molecule has 0 amide bonds. The fourth-order valence-electron chi connectivity index (χ4n) is 1.78. The van der Waals surface area contributed by atoms with Gasteiger partial charge in [0, 0.05) is 12.6 Å². The molecule has 19 heavy (non-hydrogen) atoms. The molecule has 0 saturated heterocycles. The third-order valence-electron chi connectivity index (χ3n) is 2.65. The first-order valence-electron chi connectivity index (χ1n) is 5.45. The number of benzene rings is 1. The lowest BCUT2D eigenvalue weighted by Gasteiger charge is -2.18. The minimum atomic E-state index is -4.75. The predicted octanol–water partition coefficient (Wildman–Crippen LogP) is 2.37. The number of aromatic nitrogens is 2. The Hall–Kier alpha value is -2.02. The minimum Gasteiger partial charge on any atom is -0.405 e. The number of para-hydroxylation sites is 1. The smallest absolute Gasteiger partial charge is 0.405 e. The van der Waals surface area contributed by atoms with E-state index in [1.807, 2.05) is 0 Å². The van der Waals surface area contributed by atoms with Gasteiger partial charge in [0.05, 0.1) is 24.3 Å². The molecule has 0 spiro atoms. The second-order valence-corrected chi connectivity index (χ2v) is 3.99. The maximum Gasteiger partial charge on any atom is 0.573 e. The van der Waals surface area contributed by atoms with Crippen molar-refractivity contribution in [3.63, 3.8) is 0 Å². The van der Waals surface area contributed by atoms with Crippen LogP contribution >= 0.6 is 0 Å². The monoisotopic (exact) mass is 271 g/mol. The quantitative estimate of drug-likeness (QED) is 0.932. The third kappa shape index (κ3) is 3.05. The summed E-state index contributed by atoms with van der Waals surface area (Å²) in [6.45, 7) is 0. The van der Waals surface area contributed by atoms with E-state index in [0.717, 1.165) is 0 Å². The summed E-state index contributed by atoms with van der Waals surface area (Å²) < 4.78 is 42.6. The zero-order chi connectivity index (χ0) is 14.0. The van der Waals surface area contributed by atoms with Crippen molar-refractivity contribution in [3.8, 4) is 5.75 Å². The van der Waals surface area contributed by atoms with Crippen LogP contribution in [0.5, 0.6) is 5.75 Å². The maximum absolute atomic E-state index is 12.3. The molecule has 1 atom stereocenters. The SMILES string of the molecule is Cn1cncc1C(N)c1ccccc1OC(F)(F)F. The highest BCUT2D eigenvalue weighted by Gasteiger charge is 2.32. The van der Waals surface area contributed by atoms with Gasteiger partial charge in [-0.05, 0) is 6.07 Å². The summed E-state index contributed by atoms with van der Waals surface area (Å²) in [5.41, 5.74) is 6.82. The number of alkyl halides is 3. The molecule has 0 bridgehead atoms. The van der Waals surface area contributed by atoms with Gasteiger partial charge in [-0.25, -0.2) is 4.98 Å². The fraction of sp³-hybridized carbons (Fsp3) is 0.250. The topological polar surface area (TPSA) is 53.1 Å². The first-order chi connectivity index (χ1) is 8.88. The van der Waals surface area contributed by atoms with Gasteiger partial charge in [0.25, 0.3) is 0 Å². The van der Waals surface area contributed by atoms with E-state index in [1.54, 1.807) is 17.7 Å². The Balaban J connectivity index is 2.37. The summed E-state index contributed by atoms with van der Waals surface area (Å²) in [5, 5.41) is 0. The Morgan fingerprint density at radius 3 is 2.58 bits per heavy atom. The Bertz CT molecular complexity index is 565. The number of nitrogens with zero attached hydrogens (tertiary/aromatic N) is 2. The van der Waals surface area contributed by atoms with Gasteiger partial charge < -0.3 is 15.0 Å². The average molecular weight is 271 g/mol. The molecule has 1 heterocycles. The molecule has 2 aromatic rings. The molecule has 0 radical (unpaired) electrons. The molecule has 7 heteroatoms. The molecule has 0 aliphatic heterocycles. The minimum absolute atomic E-state index is 0.253. The van der Waals surface area contributed by atoms with Crippen LogP contribution in [0.2, 0.25) is 0 Å². The number of aryl methyl sites for hydroxylation is 1. The lowest BCUT2D eigenvalue weighted by Crippen LogP contribution is -2.21. The van der Waals surface area contributed by atoms with Crippen molar-refractivity contribution in [1.82, 2.24) is 9.55 Å². The molecule has 0 aliphatic rings. The molecule has 4 nitrogen and oxygen atoms in total. The highest BCUT2D eigenvalue weighted by molar-refractivity contribution is 5.39. The number of rotatable bonds is 3. The molecule has 2 N–H and O–H groups in total. The molecule has 102 valence electrons. The maximum atomic E-state index is 12.3. The Labute approximate surface area is 107 Å². The molecule has 2 rings (SSSR count). The zero-order valence-electron chi connectivity index (χ0n) is 10.1. The van der Waals surface area contributed by atoms with Gasteiger partial charge >= 0.3 is 6.36 Å². The summed E-state index contributed by atoms with van der Waals surface area (Å²) in [6.07, 6.45) is -1.71. The molecule has 1 aromatic heterocycles. The van der Waals surface area contributed by atoms with Crippen molar-refractivity contribution in [2.75, 3.05) is 0 Å². The van der Waals surface area contributed by atoms with E-state index < -0.39 is 12.4 Å². The van der Waals surface area contributed by atoms with Crippen molar-refractivity contribution in [2.24, 2.45) is 12.8 Å². The summed E-state index contributed by atoms with van der Waals surface area (Å²) in [7, 11) is 1.72. The normalized spacial score (nSPS) is 13.3. The zero-order valence-corrected chi connectivity index (χ0v) is 10.1. The van der Waals surface area contributed by atoms with E-state index >= 15 is 0 Å². The summed E-state index contributed by atoms with van der Waals surface area (Å²) in [5.74, 6) is -0.302. The van der Waals surface area contributed by atoms with Crippen LogP contribution in [0.1, 0.15) is 17.3 Å². The van der Waals surface area contributed by atoms with Crippen molar-refractivity contribution >= 4 is 0 Å². The van der Waals surface area contributed by atoms with Gasteiger partial charge in [0.1, 0.15) is 5.75 Å². The van der Waals surface area contributed by atoms with Crippen LogP contribution in [0.25, 0.3) is 0 Å². The van der Waals surface area contributed by atoms with Crippen molar-refractivity contribution < 1.29 is 17.9 Å². The van der Waals surface area contributed by atoms with Gasteiger partial charge in [-0.15, -0.1) is 13.2 Å². The van der Waals surface area contributed by atoms with Crippen LogP contribution in [-0.4, -0.2) is 15.9 Å². The van der Waals surface area contributed by atoms with Gasteiger partial charge in [0.15, 0.2) is 0 Å². The van der Waals surface area contributed by atoms with Crippen molar-refractivity contribution in [1.29, 1.82) is 0 Å². The first kappa shape index (κ1) is 13.4. The predicted molar refractivity (Wildman–Crippen MR) is 62.4 cm³/mol. The number of ether oxygens (including phenoxy) is 1. The van der Waals surface area contributed by atoms with Crippen LogP contribution in [0.15, 0.2) is 36.8 Å². The van der Waals surface area contributed by atoms with Crippen molar-refractivity contribution in [3.05, 3.63) is 48.0 Å². The standard InChI is InChI=1S/C12H12F3N3O/c1-18-7-17-6-9(18)11(16)8-4-2-3-5-10(8)19-12(13,14)15/h2-7,11H,16H2,1H3. The van der Waals surface area contributed by atoms with E-state index in [0.29, 0.717) is 5.69 Å². The van der Waals surface area contributed by atoms with Crippen LogP contribution < -0.4 is 10.5 Å². The largest absolute Gasteiger partial charge is 0.573 e. The lowest BCUT2D eigenvalue weighted by atomic mass is 10.0. The van der Waals surface area contributed by atoms with Crippen molar-refractivity contribution in [2.45, 2.75) is 12.4 Å². The van der Waals surface area contributed by atoms with E-state index in [2.05, 4.69) is 9.72 Å². The van der Waals surface area contributed by atoms with Crippen LogP contribution in [-0.2, 0) is 7.05 Å². The highest BCUT2D eigenvalue weighted by atomic mass is 19.4. The first-order valence-corrected chi connectivity index (χ1v) is 5.45. The molecule has 0 saturated carbocycles. The van der Waals surface area contributed by atoms with E-state index in [9.17, 15) is 13.2 Å². The van der Waals surface area contributed by atoms with Gasteiger partial charge in [-0.1, -0.05) is 18.2 Å². The van der Waals surface area contributed by atoms with Crippen LogP contribution in [0, 0.1) is 0 Å². The second-order valence-electron chi connectivity index (χ2n) is 3.99. The van der Waals surface area contributed by atoms with Gasteiger partial charge in [0.2, 0.25) is 0 Å². The highest BCUT2D eigenvalue weighted by Crippen LogP contribution is 2.31. The number of hydrogen-bond donors (Lipinski definition) is 1. The second kappa shape index (κ2) is 4.93. The van der Waals surface area contributed by atoms with Gasteiger partial charge in [-0.3, -0.25) is 0 Å². The van der Waals surface area contributed by atoms with Gasteiger partial charge in [-0.2, -0.15) is 0 Å². The number of hydrogen-bond acceptors (Lipinski definition) is 3. The number of nitrogens with two attached hydrogens (primary N) is 1. The number of halogens is 3. The fourth-order valence-corrected chi connectivity index (χ4v) is 1.78. The molecule has 0 fully saturated rings. The lowest BCUT2D eigenvalue weighted by molar-refractivity contribution is -0.274. The Morgan fingerprint density at radius 2 is 2.00 bits per heavy atom. The van der Waals surface area contributed by atoms with Crippen LogP contribution in [0.3, 0.4) is 0 Å². The van der Waals surface area contributed by atoms with E-state index in [1.165, 1.54) is 30.7 Å². The molecule has 1 unspecified atom stereocenters. The molecular weight excluding hydrogens is 259 g/mol. The molecule has 1 aromatic carbocycles. The summed E-state index contributed by atoms with van der Waals surface area (Å²) in [6, 6.07) is 5.05. The molecular formula is C12H12F3N3O. The van der Waals surface area contributed by atoms with E-state index in [4.69, 9.17) is 5.73 Å². The van der Waals surface area contributed by atoms with E-state index in [-0.39, 0.29) is 11.3 Å². The summed E-state index contributed by atoms with van der Waals surface area (Å²) >= 11 is 0. The Morgan fingerprint density at radius 1 is 1.32 bits per heavy atom. The van der Waals surface area contributed by atoms with Crippen LogP contribution in [0.4, 0.5) is 13.2 Å². The molecule has 0 aliphatic carbocycles. The number of imidazole rings is 1. The Kier molecular flexibility index (Phi) is 3.48.